The van der Waals surface area contributed by atoms with Crippen LogP contribution < -0.4 is 15.3 Å². The molecule has 1 saturated heterocycles. The van der Waals surface area contributed by atoms with E-state index < -0.39 is 10.0 Å². The molecule has 5 rings (SSSR count). The molecule has 2 heterocycles. The van der Waals surface area contributed by atoms with Crippen LogP contribution in [0.25, 0.3) is 11.0 Å². The molecule has 9 heteroatoms. The van der Waals surface area contributed by atoms with Gasteiger partial charge in [0.25, 0.3) is 10.0 Å². The second kappa shape index (κ2) is 7.97. The minimum absolute atomic E-state index is 0.150. The Kier molecular flexibility index (Phi) is 5.25. The third-order valence-electron chi connectivity index (χ3n) is 6.62. The molecular formula is C23H28N4O4S. The number of hydrogen-bond acceptors (Lipinski definition) is 5. The fourth-order valence-corrected chi connectivity index (χ4v) is 5.88. The van der Waals surface area contributed by atoms with Crippen LogP contribution in [0.2, 0.25) is 0 Å². The molecule has 170 valence electrons. The fraction of sp³-hybridized carbons (Fsp3) is 0.435. The molecule has 0 saturated carbocycles. The van der Waals surface area contributed by atoms with Gasteiger partial charge in [0.15, 0.2) is 0 Å². The van der Waals surface area contributed by atoms with Gasteiger partial charge in [-0.25, -0.2) is 13.2 Å². The van der Waals surface area contributed by atoms with Crippen molar-refractivity contribution in [3.63, 3.8) is 0 Å². The summed E-state index contributed by atoms with van der Waals surface area (Å²) in [6, 6.07) is 9.10. The van der Waals surface area contributed by atoms with Crippen LogP contribution in [0.3, 0.4) is 0 Å². The first-order chi connectivity index (χ1) is 15.3. The first-order valence-electron chi connectivity index (χ1n) is 11.0. The summed E-state index contributed by atoms with van der Waals surface area (Å²) in [4.78, 5) is 14.9. The number of hydrogen-bond donors (Lipinski definition) is 1. The first kappa shape index (κ1) is 21.1. The maximum absolute atomic E-state index is 13.4. The van der Waals surface area contributed by atoms with Crippen LogP contribution in [0.15, 0.2) is 40.0 Å². The highest BCUT2D eigenvalue weighted by atomic mass is 32.2. The lowest BCUT2D eigenvalue weighted by atomic mass is 9.92. The van der Waals surface area contributed by atoms with Gasteiger partial charge in [0.05, 0.1) is 40.5 Å². The Hall–Kier alpha value is -2.78. The molecule has 0 bridgehead atoms. The summed E-state index contributed by atoms with van der Waals surface area (Å²) in [7, 11) is -0.373. The number of nitrogens with zero attached hydrogens (tertiary/aromatic N) is 3. The number of aromatic nitrogens is 2. The van der Waals surface area contributed by atoms with E-state index in [0.717, 1.165) is 42.5 Å². The largest absolute Gasteiger partial charge is 0.378 e. The van der Waals surface area contributed by atoms with Gasteiger partial charge < -0.3 is 9.64 Å². The third-order valence-corrected chi connectivity index (χ3v) is 7.98. The van der Waals surface area contributed by atoms with Gasteiger partial charge >= 0.3 is 5.69 Å². The standard InChI is InChI=1S/C23H28N4O4S/c1-25-21-14-19(20(27-9-11-31-12-10-27)15-22(21)26(2)23(25)28)24-32(29,30)18-8-7-16-5-3-4-6-17(16)13-18/h7-8,13-15,24H,3-6,9-12H2,1-2H3. The Morgan fingerprint density at radius 2 is 1.56 bits per heavy atom. The molecule has 2 aliphatic rings. The number of rotatable bonds is 4. The Morgan fingerprint density at radius 1 is 0.906 bits per heavy atom. The third kappa shape index (κ3) is 3.59. The molecule has 1 fully saturated rings. The molecule has 0 amide bonds. The van der Waals surface area contributed by atoms with Crippen LogP contribution in [-0.4, -0.2) is 43.9 Å². The molecule has 1 N–H and O–H groups in total. The molecule has 3 aromatic rings. The molecule has 32 heavy (non-hydrogen) atoms. The van der Waals surface area contributed by atoms with E-state index >= 15 is 0 Å². The quantitative estimate of drug-likeness (QED) is 0.652. The second-order valence-electron chi connectivity index (χ2n) is 8.60. The van der Waals surface area contributed by atoms with Gasteiger partial charge in [-0.3, -0.25) is 13.9 Å². The smallest absolute Gasteiger partial charge is 0.328 e. The van der Waals surface area contributed by atoms with E-state index in [1.54, 1.807) is 30.8 Å². The van der Waals surface area contributed by atoms with Crippen molar-refractivity contribution in [2.45, 2.75) is 30.6 Å². The van der Waals surface area contributed by atoms with Gasteiger partial charge in [-0.15, -0.1) is 0 Å². The lowest BCUT2D eigenvalue weighted by molar-refractivity contribution is 0.123. The summed E-state index contributed by atoms with van der Waals surface area (Å²) in [6.45, 7) is 2.45. The first-order valence-corrected chi connectivity index (χ1v) is 12.5. The average Bonchev–Trinajstić information content (AvgIpc) is 3.02. The number of fused-ring (bicyclic) bond motifs is 2. The van der Waals surface area contributed by atoms with Crippen molar-refractivity contribution in [2.75, 3.05) is 35.9 Å². The van der Waals surface area contributed by atoms with Crippen molar-refractivity contribution in [2.24, 2.45) is 14.1 Å². The number of benzene rings is 2. The predicted molar refractivity (Wildman–Crippen MR) is 125 cm³/mol. The number of anilines is 2. The molecule has 0 spiro atoms. The SMILES string of the molecule is Cn1c(=O)n(C)c2cc(N3CCOCC3)c(NS(=O)(=O)c3ccc4c(c3)CCCC4)cc21. The highest BCUT2D eigenvalue weighted by molar-refractivity contribution is 7.92. The summed E-state index contributed by atoms with van der Waals surface area (Å²) in [6.07, 6.45) is 4.15. The zero-order valence-corrected chi connectivity index (χ0v) is 19.2. The van der Waals surface area contributed by atoms with E-state index in [1.165, 1.54) is 10.1 Å². The van der Waals surface area contributed by atoms with Crippen LogP contribution in [0, 0.1) is 0 Å². The van der Waals surface area contributed by atoms with E-state index in [4.69, 9.17) is 4.74 Å². The lowest BCUT2D eigenvalue weighted by Gasteiger charge is -2.31. The summed E-state index contributed by atoms with van der Waals surface area (Å²) in [5.74, 6) is 0. The maximum Gasteiger partial charge on any atom is 0.328 e. The number of sulfonamides is 1. The van der Waals surface area contributed by atoms with Gasteiger partial charge in [-0.2, -0.15) is 0 Å². The molecule has 1 aliphatic carbocycles. The van der Waals surface area contributed by atoms with E-state index in [2.05, 4.69) is 9.62 Å². The van der Waals surface area contributed by atoms with Gasteiger partial charge in [-0.05, 0) is 61.1 Å². The molecule has 1 aliphatic heterocycles. The monoisotopic (exact) mass is 456 g/mol. The van der Waals surface area contributed by atoms with Crippen LogP contribution in [0.4, 0.5) is 11.4 Å². The number of nitrogens with one attached hydrogen (secondary N) is 1. The van der Waals surface area contributed by atoms with Crippen molar-refractivity contribution in [3.05, 3.63) is 51.9 Å². The summed E-state index contributed by atoms with van der Waals surface area (Å²) in [5, 5.41) is 0. The second-order valence-corrected chi connectivity index (χ2v) is 10.3. The lowest BCUT2D eigenvalue weighted by Crippen LogP contribution is -2.36. The number of morpholine rings is 1. The van der Waals surface area contributed by atoms with Crippen LogP contribution >= 0.6 is 0 Å². The summed E-state index contributed by atoms with van der Waals surface area (Å²) in [5.41, 5.74) is 4.87. The Morgan fingerprint density at radius 3 is 2.28 bits per heavy atom. The number of aryl methyl sites for hydroxylation is 4. The molecule has 1 aromatic heterocycles. The Labute approximate surface area is 187 Å². The zero-order valence-electron chi connectivity index (χ0n) is 18.4. The highest BCUT2D eigenvalue weighted by Gasteiger charge is 2.24. The maximum atomic E-state index is 13.4. The minimum atomic E-state index is -3.79. The van der Waals surface area contributed by atoms with Crippen molar-refractivity contribution >= 4 is 32.4 Å². The highest BCUT2D eigenvalue weighted by Crippen LogP contribution is 2.34. The molecule has 0 radical (unpaired) electrons. The summed E-state index contributed by atoms with van der Waals surface area (Å²) >= 11 is 0. The predicted octanol–water partition coefficient (Wildman–Crippen LogP) is 2.39. The molecule has 8 nitrogen and oxygen atoms in total. The van der Waals surface area contributed by atoms with Gasteiger partial charge in [0.1, 0.15) is 0 Å². The van der Waals surface area contributed by atoms with E-state index in [9.17, 15) is 13.2 Å². The number of ether oxygens (including phenoxy) is 1. The molecule has 2 aromatic carbocycles. The van der Waals surface area contributed by atoms with E-state index in [-0.39, 0.29) is 10.6 Å². The molecule has 0 unspecified atom stereocenters. The van der Waals surface area contributed by atoms with Crippen LogP contribution in [0.5, 0.6) is 0 Å². The van der Waals surface area contributed by atoms with Crippen molar-refractivity contribution in [1.29, 1.82) is 0 Å². The van der Waals surface area contributed by atoms with Crippen molar-refractivity contribution in [1.82, 2.24) is 9.13 Å². The van der Waals surface area contributed by atoms with Crippen LogP contribution in [-0.2, 0) is 41.7 Å². The minimum Gasteiger partial charge on any atom is -0.378 e. The topological polar surface area (TPSA) is 85.6 Å². The van der Waals surface area contributed by atoms with Gasteiger partial charge in [-0.1, -0.05) is 6.07 Å². The zero-order chi connectivity index (χ0) is 22.5. The summed E-state index contributed by atoms with van der Waals surface area (Å²) < 4.78 is 38.2. The van der Waals surface area contributed by atoms with Crippen LogP contribution in [0.1, 0.15) is 24.0 Å². The normalized spacial score (nSPS) is 16.9. The van der Waals surface area contributed by atoms with Gasteiger partial charge in [0.2, 0.25) is 0 Å². The van der Waals surface area contributed by atoms with E-state index in [1.807, 2.05) is 18.2 Å². The van der Waals surface area contributed by atoms with Crippen molar-refractivity contribution in [3.8, 4) is 0 Å². The Balaban J connectivity index is 1.60. The fourth-order valence-electron chi connectivity index (χ4n) is 4.76. The number of imidazole rings is 1. The Bertz CT molecular complexity index is 1350. The van der Waals surface area contributed by atoms with E-state index in [0.29, 0.717) is 37.5 Å². The average molecular weight is 457 g/mol. The van der Waals surface area contributed by atoms with Gasteiger partial charge in [0, 0.05) is 27.2 Å². The molecular weight excluding hydrogens is 428 g/mol. The molecule has 0 atom stereocenters. The van der Waals surface area contributed by atoms with Crippen molar-refractivity contribution < 1.29 is 13.2 Å².